The number of fused-ring (bicyclic) bond motifs is 1. The van der Waals surface area contributed by atoms with Crippen molar-refractivity contribution >= 4 is 5.91 Å². The molecular weight excluding hydrogens is 248 g/mol. The van der Waals surface area contributed by atoms with Gasteiger partial charge in [-0.2, -0.15) is 0 Å². The molecule has 0 spiro atoms. The molecule has 20 heavy (non-hydrogen) atoms. The number of hydrogen-bond acceptors (Lipinski definition) is 2. The highest BCUT2D eigenvalue weighted by Gasteiger charge is 2.26. The lowest BCUT2D eigenvalue weighted by atomic mass is 9.93. The second-order valence-corrected chi connectivity index (χ2v) is 5.66. The van der Waals surface area contributed by atoms with Crippen LogP contribution in [0.1, 0.15) is 56.2 Å². The molecule has 2 rings (SSSR count). The molecule has 1 atom stereocenters. The maximum Gasteiger partial charge on any atom is 0.223 e. The molecule has 0 saturated heterocycles. The molecule has 1 amide bonds. The fourth-order valence-corrected chi connectivity index (χ4v) is 3.03. The monoisotopic (exact) mass is 274 g/mol. The molecule has 0 saturated carbocycles. The summed E-state index contributed by atoms with van der Waals surface area (Å²) in [6.07, 6.45) is 5.98. The van der Waals surface area contributed by atoms with Crippen molar-refractivity contribution < 1.29 is 4.79 Å². The molecule has 110 valence electrons. The van der Waals surface area contributed by atoms with E-state index in [1.807, 2.05) is 4.90 Å². The first-order chi connectivity index (χ1) is 9.74. The minimum atomic E-state index is 0.219. The van der Waals surface area contributed by atoms with Crippen molar-refractivity contribution in [2.24, 2.45) is 5.73 Å². The van der Waals surface area contributed by atoms with Gasteiger partial charge in [-0.3, -0.25) is 4.79 Å². The third kappa shape index (κ3) is 3.60. The Balaban J connectivity index is 1.86. The molecule has 0 bridgehead atoms. The lowest BCUT2D eigenvalue weighted by molar-refractivity contribution is -0.133. The number of rotatable bonds is 6. The molecule has 1 aliphatic heterocycles. The van der Waals surface area contributed by atoms with Crippen LogP contribution in [0.2, 0.25) is 0 Å². The summed E-state index contributed by atoms with van der Waals surface area (Å²) in [4.78, 5) is 14.4. The van der Waals surface area contributed by atoms with Crippen LogP contribution in [0.5, 0.6) is 0 Å². The molecule has 0 aliphatic carbocycles. The van der Waals surface area contributed by atoms with Gasteiger partial charge in [-0.15, -0.1) is 0 Å². The minimum absolute atomic E-state index is 0.219. The molecule has 0 aromatic heterocycles. The summed E-state index contributed by atoms with van der Waals surface area (Å²) in [5.41, 5.74) is 8.19. The van der Waals surface area contributed by atoms with Gasteiger partial charge in [0.1, 0.15) is 0 Å². The molecule has 0 radical (unpaired) electrons. The van der Waals surface area contributed by atoms with Gasteiger partial charge in [-0.25, -0.2) is 0 Å². The van der Waals surface area contributed by atoms with Crippen LogP contribution in [0.3, 0.4) is 0 Å². The van der Waals surface area contributed by atoms with Crippen molar-refractivity contribution in [1.29, 1.82) is 0 Å². The average Bonchev–Trinajstić information content (AvgIpc) is 2.47. The number of hydrogen-bond donors (Lipinski definition) is 1. The second kappa shape index (κ2) is 7.44. The van der Waals surface area contributed by atoms with E-state index < -0.39 is 0 Å². The molecule has 0 fully saturated rings. The van der Waals surface area contributed by atoms with E-state index in [0.717, 1.165) is 45.2 Å². The van der Waals surface area contributed by atoms with Gasteiger partial charge in [0.25, 0.3) is 0 Å². The van der Waals surface area contributed by atoms with Gasteiger partial charge in [0, 0.05) is 13.0 Å². The average molecular weight is 274 g/mol. The van der Waals surface area contributed by atoms with Gasteiger partial charge in [-0.1, -0.05) is 37.1 Å². The Morgan fingerprint density at radius 2 is 2.00 bits per heavy atom. The SMILES string of the molecule is CC1c2ccccc2CCN1C(=O)CCCCCCN. The number of benzene rings is 1. The van der Waals surface area contributed by atoms with Crippen LogP contribution in [0.25, 0.3) is 0 Å². The number of carbonyl (C=O) groups is 1. The van der Waals surface area contributed by atoms with Crippen LogP contribution >= 0.6 is 0 Å². The van der Waals surface area contributed by atoms with E-state index in [1.54, 1.807) is 0 Å². The van der Waals surface area contributed by atoms with Gasteiger partial charge in [-0.05, 0) is 43.9 Å². The fourth-order valence-electron chi connectivity index (χ4n) is 3.03. The summed E-state index contributed by atoms with van der Waals surface area (Å²) in [6, 6.07) is 8.70. The molecule has 3 nitrogen and oxygen atoms in total. The zero-order valence-corrected chi connectivity index (χ0v) is 12.5. The standard InChI is InChI=1S/C17H26N2O/c1-14-16-9-6-5-8-15(16)11-13-19(14)17(20)10-4-2-3-7-12-18/h5-6,8-9,14H,2-4,7,10-13,18H2,1H3. The summed E-state index contributed by atoms with van der Waals surface area (Å²) in [5.74, 6) is 0.305. The van der Waals surface area contributed by atoms with Crippen molar-refractivity contribution in [2.45, 2.75) is 51.5 Å². The van der Waals surface area contributed by atoms with Gasteiger partial charge >= 0.3 is 0 Å². The first kappa shape index (κ1) is 15.0. The topological polar surface area (TPSA) is 46.3 Å². The molecule has 3 heteroatoms. The quantitative estimate of drug-likeness (QED) is 0.810. The lowest BCUT2D eigenvalue weighted by Gasteiger charge is -2.35. The van der Waals surface area contributed by atoms with Gasteiger partial charge in [0.05, 0.1) is 6.04 Å². The zero-order chi connectivity index (χ0) is 14.4. The Kier molecular flexibility index (Phi) is 5.60. The number of carbonyl (C=O) groups excluding carboxylic acids is 1. The molecule has 1 aromatic rings. The maximum atomic E-state index is 12.4. The Morgan fingerprint density at radius 3 is 2.80 bits per heavy atom. The van der Waals surface area contributed by atoms with E-state index in [0.29, 0.717) is 12.3 Å². The van der Waals surface area contributed by atoms with Gasteiger partial charge in [0.2, 0.25) is 5.91 Å². The summed E-state index contributed by atoms with van der Waals surface area (Å²) in [7, 11) is 0. The smallest absolute Gasteiger partial charge is 0.223 e. The summed E-state index contributed by atoms with van der Waals surface area (Å²) in [6.45, 7) is 3.76. The molecular formula is C17H26N2O. The number of nitrogens with two attached hydrogens (primary N) is 1. The van der Waals surface area contributed by atoms with E-state index in [9.17, 15) is 4.79 Å². The number of amides is 1. The first-order valence-electron chi connectivity index (χ1n) is 7.81. The highest BCUT2D eigenvalue weighted by molar-refractivity contribution is 5.77. The van der Waals surface area contributed by atoms with Gasteiger partial charge < -0.3 is 10.6 Å². The van der Waals surface area contributed by atoms with E-state index >= 15 is 0 Å². The maximum absolute atomic E-state index is 12.4. The first-order valence-corrected chi connectivity index (χ1v) is 7.81. The van der Waals surface area contributed by atoms with E-state index in [2.05, 4.69) is 31.2 Å². The van der Waals surface area contributed by atoms with Gasteiger partial charge in [0.15, 0.2) is 0 Å². The Hall–Kier alpha value is -1.35. The molecule has 1 aliphatic rings. The lowest BCUT2D eigenvalue weighted by Crippen LogP contribution is -2.38. The molecule has 1 unspecified atom stereocenters. The zero-order valence-electron chi connectivity index (χ0n) is 12.5. The normalized spacial score (nSPS) is 17.9. The Bertz CT molecular complexity index is 444. The van der Waals surface area contributed by atoms with Crippen LogP contribution in [0.4, 0.5) is 0 Å². The second-order valence-electron chi connectivity index (χ2n) is 5.66. The van der Waals surface area contributed by atoms with E-state index in [4.69, 9.17) is 5.73 Å². The van der Waals surface area contributed by atoms with Crippen molar-refractivity contribution in [3.8, 4) is 0 Å². The van der Waals surface area contributed by atoms with Crippen LogP contribution < -0.4 is 5.73 Å². The Labute approximate surface area is 122 Å². The highest BCUT2D eigenvalue weighted by atomic mass is 16.2. The largest absolute Gasteiger partial charge is 0.336 e. The Morgan fingerprint density at radius 1 is 1.25 bits per heavy atom. The molecule has 1 heterocycles. The van der Waals surface area contributed by atoms with E-state index in [-0.39, 0.29) is 6.04 Å². The number of unbranched alkanes of at least 4 members (excludes halogenated alkanes) is 3. The van der Waals surface area contributed by atoms with Crippen LogP contribution in [-0.2, 0) is 11.2 Å². The summed E-state index contributed by atoms with van der Waals surface area (Å²) >= 11 is 0. The summed E-state index contributed by atoms with van der Waals surface area (Å²) in [5, 5.41) is 0. The summed E-state index contributed by atoms with van der Waals surface area (Å²) < 4.78 is 0. The van der Waals surface area contributed by atoms with Crippen LogP contribution in [0.15, 0.2) is 24.3 Å². The number of nitrogens with zero attached hydrogens (tertiary/aromatic N) is 1. The van der Waals surface area contributed by atoms with Crippen molar-refractivity contribution in [1.82, 2.24) is 4.90 Å². The predicted octanol–water partition coefficient (Wildman–Crippen LogP) is 3.04. The van der Waals surface area contributed by atoms with Crippen molar-refractivity contribution in [3.63, 3.8) is 0 Å². The predicted molar refractivity (Wildman–Crippen MR) is 82.4 cm³/mol. The molecule has 1 aromatic carbocycles. The third-order valence-electron chi connectivity index (χ3n) is 4.26. The molecule has 2 N–H and O–H groups in total. The van der Waals surface area contributed by atoms with E-state index in [1.165, 1.54) is 11.1 Å². The fraction of sp³-hybridized carbons (Fsp3) is 0.588. The van der Waals surface area contributed by atoms with Crippen molar-refractivity contribution in [2.75, 3.05) is 13.1 Å². The highest BCUT2D eigenvalue weighted by Crippen LogP contribution is 2.29. The van der Waals surface area contributed by atoms with Crippen LogP contribution in [0, 0.1) is 0 Å². The van der Waals surface area contributed by atoms with Crippen molar-refractivity contribution in [3.05, 3.63) is 35.4 Å². The minimum Gasteiger partial charge on any atom is -0.336 e. The third-order valence-corrected chi connectivity index (χ3v) is 4.26. The van der Waals surface area contributed by atoms with Crippen LogP contribution in [-0.4, -0.2) is 23.9 Å².